The summed E-state index contributed by atoms with van der Waals surface area (Å²) in [7, 11) is -3.18. The van der Waals surface area contributed by atoms with Crippen LogP contribution < -0.4 is 0 Å². The van der Waals surface area contributed by atoms with Gasteiger partial charge in [0, 0.05) is 11.9 Å². The van der Waals surface area contributed by atoms with E-state index in [4.69, 9.17) is 5.11 Å². The summed E-state index contributed by atoms with van der Waals surface area (Å²) in [6.45, 7) is 1.76. The van der Waals surface area contributed by atoms with Crippen LogP contribution in [0, 0.1) is 6.92 Å². The molecule has 0 aliphatic heterocycles. The SMILES string of the molecule is Cc1cc(CO)nn1-c1ccc(S(C)(=O)=O)cc1. The third kappa shape index (κ3) is 2.44. The Morgan fingerprint density at radius 1 is 1.28 bits per heavy atom. The Kier molecular flexibility index (Phi) is 3.23. The first-order chi connectivity index (χ1) is 8.41. The van der Waals surface area contributed by atoms with Gasteiger partial charge in [0.05, 0.1) is 22.9 Å². The molecule has 0 aliphatic carbocycles. The number of hydrogen-bond acceptors (Lipinski definition) is 4. The van der Waals surface area contributed by atoms with Crippen LogP contribution in [0.1, 0.15) is 11.4 Å². The van der Waals surface area contributed by atoms with Crippen LogP contribution in [0.5, 0.6) is 0 Å². The summed E-state index contributed by atoms with van der Waals surface area (Å²) in [6.07, 6.45) is 1.17. The van der Waals surface area contributed by atoms with E-state index >= 15 is 0 Å². The van der Waals surface area contributed by atoms with Crippen molar-refractivity contribution < 1.29 is 13.5 Å². The maximum atomic E-state index is 11.3. The molecule has 0 amide bonds. The average Bonchev–Trinajstić information content (AvgIpc) is 2.70. The smallest absolute Gasteiger partial charge is 0.175 e. The first kappa shape index (κ1) is 12.8. The lowest BCUT2D eigenvalue weighted by molar-refractivity contribution is 0.276. The lowest BCUT2D eigenvalue weighted by Crippen LogP contribution is -2.01. The van der Waals surface area contributed by atoms with Crippen LogP contribution >= 0.6 is 0 Å². The van der Waals surface area contributed by atoms with Crippen LogP contribution in [0.2, 0.25) is 0 Å². The summed E-state index contributed by atoms with van der Waals surface area (Å²) in [4.78, 5) is 0.276. The molecule has 18 heavy (non-hydrogen) atoms. The Morgan fingerprint density at radius 3 is 2.33 bits per heavy atom. The van der Waals surface area contributed by atoms with E-state index in [0.717, 1.165) is 11.4 Å². The third-order valence-electron chi connectivity index (χ3n) is 2.61. The maximum Gasteiger partial charge on any atom is 0.175 e. The van der Waals surface area contributed by atoms with Gasteiger partial charge in [-0.05, 0) is 37.3 Å². The summed E-state index contributed by atoms with van der Waals surface area (Å²) in [5.41, 5.74) is 2.23. The fourth-order valence-electron chi connectivity index (χ4n) is 1.71. The van der Waals surface area contributed by atoms with Gasteiger partial charge < -0.3 is 5.11 Å². The molecule has 0 saturated carbocycles. The molecule has 0 atom stereocenters. The minimum Gasteiger partial charge on any atom is -0.390 e. The number of benzene rings is 1. The molecule has 1 aromatic heterocycles. The topological polar surface area (TPSA) is 72.2 Å². The Labute approximate surface area is 106 Å². The molecule has 96 valence electrons. The number of aryl methyl sites for hydroxylation is 1. The Bertz CT molecular complexity index is 657. The highest BCUT2D eigenvalue weighted by Crippen LogP contribution is 2.15. The van der Waals surface area contributed by atoms with Crippen molar-refractivity contribution in [1.29, 1.82) is 0 Å². The fraction of sp³-hybridized carbons (Fsp3) is 0.250. The molecular weight excluding hydrogens is 252 g/mol. The van der Waals surface area contributed by atoms with Crippen molar-refractivity contribution in [1.82, 2.24) is 9.78 Å². The van der Waals surface area contributed by atoms with Crippen LogP contribution in [0.4, 0.5) is 0 Å². The lowest BCUT2D eigenvalue weighted by atomic mass is 10.3. The van der Waals surface area contributed by atoms with Crippen LogP contribution in [0.25, 0.3) is 5.69 Å². The molecule has 0 unspecified atom stereocenters. The molecule has 6 heteroatoms. The second-order valence-corrected chi connectivity index (χ2v) is 6.13. The highest BCUT2D eigenvalue weighted by molar-refractivity contribution is 7.90. The summed E-state index contributed by atoms with van der Waals surface area (Å²) in [5.74, 6) is 0. The van der Waals surface area contributed by atoms with Gasteiger partial charge in [-0.2, -0.15) is 5.10 Å². The predicted octanol–water partition coefficient (Wildman–Crippen LogP) is 1.08. The molecule has 0 spiro atoms. The molecule has 2 aromatic rings. The van der Waals surface area contributed by atoms with Gasteiger partial charge in [-0.15, -0.1) is 0 Å². The molecule has 2 rings (SSSR count). The van der Waals surface area contributed by atoms with Gasteiger partial charge in [0.25, 0.3) is 0 Å². The van der Waals surface area contributed by atoms with E-state index in [9.17, 15) is 8.42 Å². The molecule has 1 aromatic carbocycles. The number of rotatable bonds is 3. The molecule has 0 saturated heterocycles. The van der Waals surface area contributed by atoms with Crippen LogP contribution in [-0.4, -0.2) is 29.6 Å². The Hall–Kier alpha value is -1.66. The van der Waals surface area contributed by atoms with E-state index in [-0.39, 0.29) is 11.5 Å². The summed E-state index contributed by atoms with van der Waals surface area (Å²) in [5, 5.41) is 13.2. The van der Waals surface area contributed by atoms with E-state index in [1.54, 1.807) is 35.0 Å². The normalized spacial score (nSPS) is 11.7. The minimum atomic E-state index is -3.18. The number of aliphatic hydroxyl groups excluding tert-OH is 1. The monoisotopic (exact) mass is 266 g/mol. The highest BCUT2D eigenvalue weighted by Gasteiger charge is 2.09. The quantitative estimate of drug-likeness (QED) is 0.902. The van der Waals surface area contributed by atoms with Crippen LogP contribution in [-0.2, 0) is 16.4 Å². The van der Waals surface area contributed by atoms with Crippen molar-refractivity contribution >= 4 is 9.84 Å². The van der Waals surface area contributed by atoms with Gasteiger partial charge in [-0.3, -0.25) is 0 Å². The lowest BCUT2D eigenvalue weighted by Gasteiger charge is -2.05. The number of aliphatic hydroxyl groups is 1. The summed E-state index contributed by atoms with van der Waals surface area (Å²) < 4.78 is 24.3. The largest absolute Gasteiger partial charge is 0.390 e. The minimum absolute atomic E-state index is 0.116. The molecule has 0 bridgehead atoms. The summed E-state index contributed by atoms with van der Waals surface area (Å²) in [6, 6.07) is 8.26. The Morgan fingerprint density at radius 2 is 1.89 bits per heavy atom. The maximum absolute atomic E-state index is 11.3. The van der Waals surface area contributed by atoms with Gasteiger partial charge >= 0.3 is 0 Å². The first-order valence-corrected chi connectivity index (χ1v) is 7.28. The zero-order chi connectivity index (χ0) is 13.3. The van der Waals surface area contributed by atoms with E-state index < -0.39 is 9.84 Å². The van der Waals surface area contributed by atoms with Crippen LogP contribution in [0.3, 0.4) is 0 Å². The van der Waals surface area contributed by atoms with Gasteiger partial charge in [0.15, 0.2) is 9.84 Å². The van der Waals surface area contributed by atoms with Gasteiger partial charge in [0.2, 0.25) is 0 Å². The van der Waals surface area contributed by atoms with E-state index in [2.05, 4.69) is 5.10 Å². The van der Waals surface area contributed by atoms with E-state index in [0.29, 0.717) is 5.69 Å². The van der Waals surface area contributed by atoms with Crippen molar-refractivity contribution in [3.05, 3.63) is 41.7 Å². The van der Waals surface area contributed by atoms with Crippen molar-refractivity contribution in [2.24, 2.45) is 0 Å². The zero-order valence-electron chi connectivity index (χ0n) is 10.2. The van der Waals surface area contributed by atoms with Gasteiger partial charge in [-0.1, -0.05) is 0 Å². The molecule has 0 fully saturated rings. The van der Waals surface area contributed by atoms with Gasteiger partial charge in [-0.25, -0.2) is 13.1 Å². The second-order valence-electron chi connectivity index (χ2n) is 4.11. The predicted molar refractivity (Wildman–Crippen MR) is 67.3 cm³/mol. The van der Waals surface area contributed by atoms with Crippen molar-refractivity contribution in [2.45, 2.75) is 18.4 Å². The van der Waals surface area contributed by atoms with Crippen LogP contribution in [0.15, 0.2) is 35.2 Å². The fourth-order valence-corrected chi connectivity index (χ4v) is 2.34. The highest BCUT2D eigenvalue weighted by atomic mass is 32.2. The number of aromatic nitrogens is 2. The van der Waals surface area contributed by atoms with E-state index in [1.165, 1.54) is 6.26 Å². The number of nitrogens with zero attached hydrogens (tertiary/aromatic N) is 2. The third-order valence-corrected chi connectivity index (χ3v) is 3.74. The standard InChI is InChI=1S/C12H14N2O3S/c1-9-7-10(8-15)13-14(9)11-3-5-12(6-4-11)18(2,16)17/h3-7,15H,8H2,1-2H3. The molecule has 0 radical (unpaired) electrons. The Balaban J connectivity index is 2.43. The van der Waals surface area contributed by atoms with Crippen molar-refractivity contribution in [2.75, 3.05) is 6.26 Å². The molecule has 0 aliphatic rings. The number of hydrogen-bond donors (Lipinski definition) is 1. The molecule has 1 N–H and O–H groups in total. The average molecular weight is 266 g/mol. The first-order valence-electron chi connectivity index (χ1n) is 5.39. The van der Waals surface area contributed by atoms with Crippen molar-refractivity contribution in [3.8, 4) is 5.69 Å². The molecular formula is C12H14N2O3S. The zero-order valence-corrected chi connectivity index (χ0v) is 11.0. The molecule has 1 heterocycles. The number of sulfone groups is 1. The second kappa shape index (κ2) is 4.55. The van der Waals surface area contributed by atoms with Crippen molar-refractivity contribution in [3.63, 3.8) is 0 Å². The van der Waals surface area contributed by atoms with Gasteiger partial charge in [0.1, 0.15) is 0 Å². The summed E-state index contributed by atoms with van der Waals surface area (Å²) >= 11 is 0. The van der Waals surface area contributed by atoms with E-state index in [1.807, 2.05) is 6.92 Å². The molecule has 5 nitrogen and oxygen atoms in total.